The van der Waals surface area contributed by atoms with E-state index < -0.39 is 11.5 Å². The summed E-state index contributed by atoms with van der Waals surface area (Å²) in [6.07, 6.45) is 0. The molecule has 0 saturated carbocycles. The smallest absolute Gasteiger partial charge is 0.348 e. The summed E-state index contributed by atoms with van der Waals surface area (Å²) in [6.45, 7) is -0.364. The van der Waals surface area contributed by atoms with Crippen molar-refractivity contribution in [3.63, 3.8) is 0 Å². The zero-order valence-corrected chi connectivity index (χ0v) is 7.64. The molecule has 0 fully saturated rings. The fraction of sp³-hybridized carbons (Fsp3) is 0.111. The van der Waals surface area contributed by atoms with Crippen LogP contribution in [-0.2, 0) is 6.61 Å². The Hall–Kier alpha value is -1.95. The molecule has 15 heavy (non-hydrogen) atoms. The number of nitrogens with one attached hydrogen (secondary N) is 1. The zero-order chi connectivity index (χ0) is 10.8. The van der Waals surface area contributed by atoms with E-state index in [-0.39, 0.29) is 12.4 Å². The van der Waals surface area contributed by atoms with Gasteiger partial charge in [0.1, 0.15) is 12.4 Å². The van der Waals surface area contributed by atoms with Crippen LogP contribution in [0.4, 0.5) is 4.39 Å². The van der Waals surface area contributed by atoms with Crippen molar-refractivity contribution in [1.82, 2.24) is 14.8 Å². The van der Waals surface area contributed by atoms with E-state index in [4.69, 9.17) is 5.11 Å². The van der Waals surface area contributed by atoms with E-state index in [0.29, 0.717) is 5.69 Å². The molecule has 1 aromatic heterocycles. The number of aliphatic hydroxyl groups is 1. The van der Waals surface area contributed by atoms with E-state index in [0.717, 1.165) is 4.68 Å². The fourth-order valence-electron chi connectivity index (χ4n) is 1.22. The number of aliphatic hydroxyl groups excluding tert-OH is 1. The third-order valence-electron chi connectivity index (χ3n) is 1.87. The van der Waals surface area contributed by atoms with Gasteiger partial charge in [-0.25, -0.2) is 9.18 Å². The number of H-pyrrole nitrogens is 1. The van der Waals surface area contributed by atoms with Gasteiger partial charge >= 0.3 is 5.69 Å². The molecule has 78 valence electrons. The van der Waals surface area contributed by atoms with Gasteiger partial charge in [0, 0.05) is 0 Å². The van der Waals surface area contributed by atoms with Crippen LogP contribution in [-0.4, -0.2) is 19.9 Å². The number of hydrogen-bond acceptors (Lipinski definition) is 3. The van der Waals surface area contributed by atoms with Crippen LogP contribution < -0.4 is 5.69 Å². The lowest BCUT2D eigenvalue weighted by Crippen LogP contribution is -2.15. The Labute approximate surface area is 83.8 Å². The van der Waals surface area contributed by atoms with Crippen LogP contribution in [0.1, 0.15) is 5.82 Å². The minimum Gasteiger partial charge on any atom is -0.388 e. The number of aromatic amines is 1. The topological polar surface area (TPSA) is 70.9 Å². The van der Waals surface area contributed by atoms with Crippen molar-refractivity contribution in [3.8, 4) is 5.69 Å². The Morgan fingerprint density at radius 2 is 2.33 bits per heavy atom. The Balaban J connectivity index is 2.54. The second-order valence-electron chi connectivity index (χ2n) is 2.93. The number of halogens is 1. The fourth-order valence-corrected chi connectivity index (χ4v) is 1.22. The van der Waals surface area contributed by atoms with E-state index in [9.17, 15) is 9.18 Å². The average molecular weight is 209 g/mol. The number of hydrogen-bond donors (Lipinski definition) is 2. The van der Waals surface area contributed by atoms with Crippen molar-refractivity contribution in [2.24, 2.45) is 0 Å². The van der Waals surface area contributed by atoms with E-state index in [1.54, 1.807) is 6.07 Å². The van der Waals surface area contributed by atoms with Gasteiger partial charge in [0.25, 0.3) is 0 Å². The van der Waals surface area contributed by atoms with Gasteiger partial charge in [-0.2, -0.15) is 4.68 Å². The Morgan fingerprint density at radius 3 is 2.93 bits per heavy atom. The van der Waals surface area contributed by atoms with E-state index >= 15 is 0 Å². The molecule has 0 aliphatic heterocycles. The van der Waals surface area contributed by atoms with Gasteiger partial charge in [0.2, 0.25) is 0 Å². The number of rotatable bonds is 2. The van der Waals surface area contributed by atoms with Crippen molar-refractivity contribution in [1.29, 1.82) is 0 Å². The second kappa shape index (κ2) is 3.66. The number of benzene rings is 1. The summed E-state index contributed by atoms with van der Waals surface area (Å²) in [6, 6.07) is 5.48. The molecular weight excluding hydrogens is 201 g/mol. The number of aromatic nitrogens is 3. The first-order valence-corrected chi connectivity index (χ1v) is 4.26. The summed E-state index contributed by atoms with van der Waals surface area (Å²) in [7, 11) is 0. The lowest BCUT2D eigenvalue weighted by Gasteiger charge is -1.97. The van der Waals surface area contributed by atoms with Crippen LogP contribution in [0.5, 0.6) is 0 Å². The Kier molecular flexibility index (Phi) is 2.34. The first-order chi connectivity index (χ1) is 7.20. The molecule has 1 heterocycles. The first kappa shape index (κ1) is 9.60. The Bertz CT molecular complexity index is 532. The van der Waals surface area contributed by atoms with E-state index in [1.807, 2.05) is 0 Å². The molecule has 2 rings (SSSR count). The highest BCUT2D eigenvalue weighted by Gasteiger charge is 2.06. The van der Waals surface area contributed by atoms with E-state index in [1.165, 1.54) is 18.2 Å². The van der Waals surface area contributed by atoms with Crippen molar-refractivity contribution in [3.05, 3.63) is 46.4 Å². The summed E-state index contributed by atoms with van der Waals surface area (Å²) < 4.78 is 13.9. The van der Waals surface area contributed by atoms with Gasteiger partial charge in [0.05, 0.1) is 5.69 Å². The summed E-state index contributed by atoms with van der Waals surface area (Å²) in [4.78, 5) is 13.7. The molecule has 1 aromatic carbocycles. The molecule has 6 heteroatoms. The lowest BCUT2D eigenvalue weighted by atomic mass is 10.3. The van der Waals surface area contributed by atoms with Crippen LogP contribution >= 0.6 is 0 Å². The van der Waals surface area contributed by atoms with Gasteiger partial charge in [-0.1, -0.05) is 6.07 Å². The molecule has 0 amide bonds. The molecule has 2 aromatic rings. The maximum atomic E-state index is 12.9. The van der Waals surface area contributed by atoms with Crippen LogP contribution in [0, 0.1) is 5.82 Å². The van der Waals surface area contributed by atoms with Gasteiger partial charge in [-0.05, 0) is 18.2 Å². The van der Waals surface area contributed by atoms with Crippen molar-refractivity contribution >= 4 is 0 Å². The van der Waals surface area contributed by atoms with E-state index in [2.05, 4.69) is 10.1 Å². The lowest BCUT2D eigenvalue weighted by molar-refractivity contribution is 0.271. The minimum absolute atomic E-state index is 0.143. The zero-order valence-electron chi connectivity index (χ0n) is 7.64. The maximum Gasteiger partial charge on any atom is 0.348 e. The highest BCUT2D eigenvalue weighted by molar-refractivity contribution is 5.30. The molecule has 0 aliphatic carbocycles. The van der Waals surface area contributed by atoms with Gasteiger partial charge in [-0.3, -0.25) is 4.98 Å². The van der Waals surface area contributed by atoms with Crippen LogP contribution in [0.15, 0.2) is 29.1 Å². The highest BCUT2D eigenvalue weighted by Crippen LogP contribution is 2.05. The van der Waals surface area contributed by atoms with Gasteiger partial charge in [0.15, 0.2) is 5.82 Å². The summed E-state index contributed by atoms with van der Waals surface area (Å²) >= 11 is 0. The van der Waals surface area contributed by atoms with Crippen LogP contribution in [0.25, 0.3) is 5.69 Å². The number of nitrogens with zero attached hydrogens (tertiary/aromatic N) is 2. The summed E-state index contributed by atoms with van der Waals surface area (Å²) in [5.74, 6) is -0.308. The molecule has 0 radical (unpaired) electrons. The molecule has 0 aliphatic rings. The average Bonchev–Trinajstić information content (AvgIpc) is 2.60. The van der Waals surface area contributed by atoms with Gasteiger partial charge in [-0.15, -0.1) is 5.10 Å². The summed E-state index contributed by atoms with van der Waals surface area (Å²) in [5, 5.41) is 12.5. The standard InChI is InChI=1S/C9H8FN3O2/c10-6-2-1-3-7(4-6)13-9(15)11-8(5-14)12-13/h1-4,14H,5H2,(H,11,12,15). The van der Waals surface area contributed by atoms with Gasteiger partial charge < -0.3 is 5.11 Å². The normalized spacial score (nSPS) is 10.5. The van der Waals surface area contributed by atoms with Crippen molar-refractivity contribution < 1.29 is 9.50 Å². The molecule has 2 N–H and O–H groups in total. The highest BCUT2D eigenvalue weighted by atomic mass is 19.1. The maximum absolute atomic E-state index is 12.9. The molecule has 0 saturated heterocycles. The molecule has 0 atom stereocenters. The third-order valence-corrected chi connectivity index (χ3v) is 1.87. The molecular formula is C9H8FN3O2. The predicted molar refractivity (Wildman–Crippen MR) is 50.1 cm³/mol. The Morgan fingerprint density at radius 1 is 1.53 bits per heavy atom. The molecule has 0 spiro atoms. The largest absolute Gasteiger partial charge is 0.388 e. The SMILES string of the molecule is O=c1[nH]c(CO)nn1-c1cccc(F)c1. The first-order valence-electron chi connectivity index (χ1n) is 4.26. The predicted octanol–water partition coefficient (Wildman–Crippen LogP) is 0.192. The van der Waals surface area contributed by atoms with Crippen molar-refractivity contribution in [2.45, 2.75) is 6.61 Å². The van der Waals surface area contributed by atoms with Crippen LogP contribution in [0.3, 0.4) is 0 Å². The quantitative estimate of drug-likeness (QED) is 0.741. The summed E-state index contributed by atoms with van der Waals surface area (Å²) in [5.41, 5.74) is -0.194. The third kappa shape index (κ3) is 1.79. The second-order valence-corrected chi connectivity index (χ2v) is 2.93. The molecule has 5 nitrogen and oxygen atoms in total. The molecule has 0 bridgehead atoms. The van der Waals surface area contributed by atoms with Crippen molar-refractivity contribution in [2.75, 3.05) is 0 Å². The minimum atomic E-state index is -0.510. The molecule has 0 unspecified atom stereocenters. The monoisotopic (exact) mass is 209 g/mol. The van der Waals surface area contributed by atoms with Crippen LogP contribution in [0.2, 0.25) is 0 Å².